The quantitative estimate of drug-likeness (QED) is 0.300. The van der Waals surface area contributed by atoms with Gasteiger partial charge in [0.2, 0.25) is 0 Å². The smallest absolute Gasteiger partial charge is 0.171 e. The van der Waals surface area contributed by atoms with Gasteiger partial charge in [-0.15, -0.1) is 0 Å². The van der Waals surface area contributed by atoms with Gasteiger partial charge in [0.1, 0.15) is 30.5 Å². The molecule has 0 aromatic heterocycles. The summed E-state index contributed by atoms with van der Waals surface area (Å²) in [4.78, 5) is 14.7. The molecule has 6 rings (SSSR count). The summed E-state index contributed by atoms with van der Waals surface area (Å²) in [5, 5.41) is 52.9. The van der Waals surface area contributed by atoms with Gasteiger partial charge in [-0.05, 0) is 109 Å². The number of ether oxygens (including phenoxy) is 1. The maximum absolute atomic E-state index is 14.7. The Balaban J connectivity index is 1.40. The van der Waals surface area contributed by atoms with Gasteiger partial charge in [-0.3, -0.25) is 4.79 Å². The van der Waals surface area contributed by atoms with E-state index in [1.165, 1.54) is 5.57 Å². The van der Waals surface area contributed by atoms with Crippen LogP contribution in [0.25, 0.3) is 0 Å². The Morgan fingerprint density at radius 1 is 0.837 bits per heavy atom. The summed E-state index contributed by atoms with van der Waals surface area (Å²) in [6.45, 7) is 16.1. The lowest BCUT2D eigenvalue weighted by Crippen LogP contribution is -2.67. The number of rotatable bonds is 3. The molecule has 0 amide bonds. The van der Waals surface area contributed by atoms with Crippen molar-refractivity contribution in [1.82, 2.24) is 0 Å². The first-order valence-electron chi connectivity index (χ1n) is 17.1. The van der Waals surface area contributed by atoms with Gasteiger partial charge in [0.25, 0.3) is 0 Å². The second-order valence-electron chi connectivity index (χ2n) is 17.9. The van der Waals surface area contributed by atoms with E-state index >= 15 is 0 Å². The number of fused-ring (bicyclic) bond motifs is 7. The highest BCUT2D eigenvalue weighted by Crippen LogP contribution is 2.76. The molecule has 0 bridgehead atoms. The van der Waals surface area contributed by atoms with Crippen LogP contribution in [0.5, 0.6) is 0 Å². The Morgan fingerprint density at radius 3 is 2.19 bits per heavy atom. The van der Waals surface area contributed by atoms with E-state index in [1.54, 1.807) is 0 Å². The molecule has 6 aliphatic rings. The lowest BCUT2D eigenvalue weighted by atomic mass is 9.33. The predicted octanol–water partition coefficient (Wildman–Crippen LogP) is 4.56. The molecule has 0 aromatic carbocycles. The Hall–Kier alpha value is -0.830. The maximum Gasteiger partial charge on any atom is 0.171 e. The van der Waals surface area contributed by atoms with E-state index in [-0.39, 0.29) is 44.9 Å². The second kappa shape index (κ2) is 10.1. The molecular formula is C36H58O7. The van der Waals surface area contributed by atoms with Crippen molar-refractivity contribution in [1.29, 1.82) is 0 Å². The van der Waals surface area contributed by atoms with Crippen LogP contribution in [0.2, 0.25) is 0 Å². The fourth-order valence-electron chi connectivity index (χ4n) is 12.3. The van der Waals surface area contributed by atoms with Crippen molar-refractivity contribution in [2.24, 2.45) is 50.2 Å². The van der Waals surface area contributed by atoms with E-state index < -0.39 is 42.5 Å². The third-order valence-electron chi connectivity index (χ3n) is 15.3. The number of carbonyl (C=O) groups is 1. The van der Waals surface area contributed by atoms with Crippen LogP contribution in [0.15, 0.2) is 11.6 Å². The molecule has 0 radical (unpaired) electrons. The molecule has 4 saturated carbocycles. The van der Waals surface area contributed by atoms with E-state index in [0.29, 0.717) is 24.7 Å². The lowest BCUT2D eigenvalue weighted by Gasteiger charge is -2.71. The predicted molar refractivity (Wildman–Crippen MR) is 164 cm³/mol. The molecule has 5 fully saturated rings. The van der Waals surface area contributed by atoms with E-state index in [2.05, 4.69) is 54.5 Å². The SMILES string of the molecule is CC1(C)CC[C@]2(C(=O)[C@@H]3OC(CO)[C@@H](O)C(O)C3O)CC[C@]3(C)C(=CCC4[C@@]5(C)CC[C@H](O)C(C)(C)C5CC[C@]43C)C2C1. The van der Waals surface area contributed by atoms with Gasteiger partial charge in [-0.2, -0.15) is 0 Å². The summed E-state index contributed by atoms with van der Waals surface area (Å²) >= 11 is 0. The Morgan fingerprint density at radius 2 is 1.51 bits per heavy atom. The van der Waals surface area contributed by atoms with E-state index in [0.717, 1.165) is 51.4 Å². The Labute approximate surface area is 258 Å². The van der Waals surface area contributed by atoms with Crippen LogP contribution in [0.1, 0.15) is 113 Å². The van der Waals surface area contributed by atoms with E-state index in [4.69, 9.17) is 4.74 Å². The van der Waals surface area contributed by atoms with Crippen molar-refractivity contribution < 1.29 is 35.1 Å². The molecule has 7 nitrogen and oxygen atoms in total. The number of carbonyl (C=O) groups excluding carboxylic acids is 1. The average molecular weight is 603 g/mol. The van der Waals surface area contributed by atoms with Crippen LogP contribution in [0.3, 0.4) is 0 Å². The highest BCUT2D eigenvalue weighted by molar-refractivity contribution is 5.91. The summed E-state index contributed by atoms with van der Waals surface area (Å²) in [5.74, 6) is 0.829. The van der Waals surface area contributed by atoms with Crippen molar-refractivity contribution in [3.8, 4) is 0 Å². The zero-order valence-electron chi connectivity index (χ0n) is 27.6. The van der Waals surface area contributed by atoms with Gasteiger partial charge in [0, 0.05) is 5.41 Å². The van der Waals surface area contributed by atoms with E-state index in [9.17, 15) is 30.3 Å². The fourth-order valence-corrected chi connectivity index (χ4v) is 12.3. The number of allylic oxidation sites excluding steroid dienone is 2. The molecule has 5 N–H and O–H groups in total. The van der Waals surface area contributed by atoms with Crippen molar-refractivity contribution in [2.75, 3.05) is 6.61 Å². The Bertz CT molecular complexity index is 1160. The summed E-state index contributed by atoms with van der Waals surface area (Å²) in [6.07, 6.45) is 4.55. The number of hydrogen-bond donors (Lipinski definition) is 5. The largest absolute Gasteiger partial charge is 0.394 e. The standard InChI is InChI=1S/C36H58O7/c1-31(2)14-16-36(30(42)29-28(41)27(40)26(39)22(19-37)43-29)17-15-34(6)20(21(36)18-31)8-9-24-33(5)12-11-25(38)32(3,4)23(33)10-13-35(24,34)7/h8,21-29,37-41H,9-19H2,1-7H3/t21?,22?,23?,24?,25-,26+,27?,28?,29+,33-,34+,35+,36-/m0/s1. The first-order chi connectivity index (χ1) is 19.9. The second-order valence-corrected chi connectivity index (χ2v) is 17.9. The number of Topliss-reactive ketones (excluding diaryl/α,β-unsaturated/α-hetero) is 1. The lowest BCUT2D eigenvalue weighted by molar-refractivity contribution is -0.234. The minimum atomic E-state index is -1.55. The number of aliphatic hydroxyl groups excluding tert-OH is 5. The summed E-state index contributed by atoms with van der Waals surface area (Å²) in [5.41, 5.74) is 0.811. The van der Waals surface area contributed by atoms with Crippen LogP contribution in [-0.4, -0.2) is 74.5 Å². The van der Waals surface area contributed by atoms with E-state index in [1.807, 2.05) is 0 Å². The summed E-state index contributed by atoms with van der Waals surface area (Å²) in [7, 11) is 0. The van der Waals surface area contributed by atoms with Crippen molar-refractivity contribution in [3.05, 3.63) is 11.6 Å². The molecule has 0 spiro atoms. The Kier molecular flexibility index (Phi) is 7.53. The van der Waals surface area contributed by atoms with Gasteiger partial charge in [-0.1, -0.05) is 60.1 Å². The van der Waals surface area contributed by atoms with Gasteiger partial charge < -0.3 is 30.3 Å². The zero-order valence-corrected chi connectivity index (χ0v) is 27.6. The molecule has 43 heavy (non-hydrogen) atoms. The van der Waals surface area contributed by atoms with Crippen molar-refractivity contribution in [2.45, 2.75) is 149 Å². The number of aliphatic hydroxyl groups is 5. The van der Waals surface area contributed by atoms with Crippen molar-refractivity contribution in [3.63, 3.8) is 0 Å². The van der Waals surface area contributed by atoms with Gasteiger partial charge in [0.05, 0.1) is 12.7 Å². The normalized spacial score (nSPS) is 53.9. The molecular weight excluding hydrogens is 544 g/mol. The van der Waals surface area contributed by atoms with Crippen LogP contribution >= 0.6 is 0 Å². The summed E-state index contributed by atoms with van der Waals surface area (Å²) in [6, 6.07) is 0. The minimum Gasteiger partial charge on any atom is -0.394 e. The van der Waals surface area contributed by atoms with Crippen LogP contribution in [0, 0.1) is 50.2 Å². The molecule has 5 aliphatic carbocycles. The highest BCUT2D eigenvalue weighted by atomic mass is 16.5. The molecule has 244 valence electrons. The molecule has 1 saturated heterocycles. The fraction of sp³-hybridized carbons (Fsp3) is 0.917. The number of ketones is 1. The zero-order chi connectivity index (χ0) is 31.5. The van der Waals surface area contributed by atoms with Gasteiger partial charge >= 0.3 is 0 Å². The van der Waals surface area contributed by atoms with Gasteiger partial charge in [-0.25, -0.2) is 0 Å². The van der Waals surface area contributed by atoms with Crippen LogP contribution in [-0.2, 0) is 9.53 Å². The monoisotopic (exact) mass is 602 g/mol. The average Bonchev–Trinajstić information content (AvgIpc) is 2.94. The van der Waals surface area contributed by atoms with Crippen LogP contribution in [0.4, 0.5) is 0 Å². The first kappa shape index (κ1) is 32.1. The van der Waals surface area contributed by atoms with Gasteiger partial charge in [0.15, 0.2) is 5.78 Å². The third kappa shape index (κ3) is 4.23. The molecule has 7 heteroatoms. The topological polar surface area (TPSA) is 127 Å². The third-order valence-corrected chi connectivity index (χ3v) is 15.3. The van der Waals surface area contributed by atoms with Crippen LogP contribution < -0.4 is 0 Å². The first-order valence-corrected chi connectivity index (χ1v) is 17.1. The molecule has 13 atom stereocenters. The maximum atomic E-state index is 14.7. The summed E-state index contributed by atoms with van der Waals surface area (Å²) < 4.78 is 5.91. The molecule has 1 aliphatic heterocycles. The minimum absolute atomic E-state index is 0.0165. The highest BCUT2D eigenvalue weighted by Gasteiger charge is 2.69. The molecule has 6 unspecified atom stereocenters. The molecule has 1 heterocycles. The number of hydrogen-bond acceptors (Lipinski definition) is 7. The molecule has 0 aromatic rings. The van der Waals surface area contributed by atoms with Crippen molar-refractivity contribution >= 4 is 5.78 Å².